The molecule has 0 spiro atoms. The molecule has 0 bridgehead atoms. The second-order valence-corrected chi connectivity index (χ2v) is 7.44. The van der Waals surface area contributed by atoms with Crippen molar-refractivity contribution in [3.8, 4) is 0 Å². The lowest BCUT2D eigenvalue weighted by atomic mass is 10.0. The zero-order chi connectivity index (χ0) is 18.5. The summed E-state index contributed by atoms with van der Waals surface area (Å²) in [6, 6.07) is 20.0. The lowest BCUT2D eigenvalue weighted by molar-refractivity contribution is 0.609. The Hall–Kier alpha value is -1.76. The number of rotatable bonds is 13. The number of hydrogen-bond acceptors (Lipinski definition) is 1. The second kappa shape index (κ2) is 12.6. The molecule has 1 heteroatoms. The molecule has 26 heavy (non-hydrogen) atoms. The van der Waals surface area contributed by atoms with Crippen LogP contribution in [0, 0.1) is 0 Å². The van der Waals surface area contributed by atoms with E-state index < -0.39 is 0 Å². The number of benzene rings is 2. The van der Waals surface area contributed by atoms with Gasteiger partial charge in [-0.2, -0.15) is 0 Å². The van der Waals surface area contributed by atoms with Crippen molar-refractivity contribution in [1.29, 1.82) is 0 Å². The third-order valence-corrected chi connectivity index (χ3v) is 5.12. The van der Waals surface area contributed by atoms with Gasteiger partial charge in [0, 0.05) is 18.8 Å². The van der Waals surface area contributed by atoms with Crippen LogP contribution in [0.15, 0.2) is 54.6 Å². The molecule has 2 aromatic carbocycles. The van der Waals surface area contributed by atoms with Gasteiger partial charge in [0.1, 0.15) is 0 Å². The van der Waals surface area contributed by atoms with Crippen molar-refractivity contribution in [2.75, 3.05) is 18.0 Å². The molecule has 0 aliphatic rings. The van der Waals surface area contributed by atoms with Crippen LogP contribution >= 0.6 is 0 Å². The number of anilines is 1. The molecule has 0 N–H and O–H groups in total. The predicted molar refractivity (Wildman–Crippen MR) is 116 cm³/mol. The molecule has 0 radical (unpaired) electrons. The van der Waals surface area contributed by atoms with Crippen molar-refractivity contribution in [2.45, 2.75) is 71.6 Å². The Morgan fingerprint density at radius 2 is 1.12 bits per heavy atom. The molecule has 0 fully saturated rings. The van der Waals surface area contributed by atoms with E-state index in [4.69, 9.17) is 0 Å². The molecule has 0 aliphatic carbocycles. The molecule has 0 atom stereocenters. The number of unbranched alkanes of at least 4 members (excludes halogenated alkanes) is 6. The number of hydrogen-bond donors (Lipinski definition) is 0. The zero-order valence-electron chi connectivity index (χ0n) is 16.9. The van der Waals surface area contributed by atoms with Crippen LogP contribution in [-0.4, -0.2) is 13.1 Å². The maximum atomic E-state index is 2.61. The van der Waals surface area contributed by atoms with Gasteiger partial charge in [0.2, 0.25) is 0 Å². The van der Waals surface area contributed by atoms with Gasteiger partial charge < -0.3 is 4.90 Å². The molecule has 0 saturated heterocycles. The van der Waals surface area contributed by atoms with Gasteiger partial charge in [0.25, 0.3) is 0 Å². The van der Waals surface area contributed by atoms with Gasteiger partial charge in [-0.3, -0.25) is 0 Å². The summed E-state index contributed by atoms with van der Waals surface area (Å²) in [5.41, 5.74) is 4.18. The first-order chi connectivity index (χ1) is 12.8. The summed E-state index contributed by atoms with van der Waals surface area (Å²) in [6.07, 6.45) is 11.7. The van der Waals surface area contributed by atoms with Crippen LogP contribution in [0.1, 0.15) is 76.3 Å². The van der Waals surface area contributed by atoms with Crippen molar-refractivity contribution in [3.05, 3.63) is 65.7 Å². The van der Waals surface area contributed by atoms with Crippen molar-refractivity contribution in [2.24, 2.45) is 0 Å². The molecule has 2 rings (SSSR count). The van der Waals surface area contributed by atoms with Gasteiger partial charge in [-0.15, -0.1) is 0 Å². The monoisotopic (exact) mass is 351 g/mol. The Labute approximate surface area is 161 Å². The van der Waals surface area contributed by atoms with Crippen LogP contribution in [0.25, 0.3) is 0 Å². The highest BCUT2D eigenvalue weighted by molar-refractivity contribution is 5.48. The summed E-state index contributed by atoms with van der Waals surface area (Å²) in [7, 11) is 0. The van der Waals surface area contributed by atoms with E-state index in [9.17, 15) is 0 Å². The van der Waals surface area contributed by atoms with Crippen LogP contribution in [-0.2, 0) is 6.42 Å². The Kier molecular flexibility index (Phi) is 9.94. The SMILES string of the molecule is CCCCCCN(CCCCCC)c1ccc(Cc2ccccc2)cc1. The first kappa shape index (κ1) is 20.6. The van der Waals surface area contributed by atoms with Gasteiger partial charge in [-0.1, -0.05) is 94.8 Å². The summed E-state index contributed by atoms with van der Waals surface area (Å²) < 4.78 is 0. The Bertz CT molecular complexity index is 561. The van der Waals surface area contributed by atoms with Crippen molar-refractivity contribution >= 4 is 5.69 Å². The third-order valence-electron chi connectivity index (χ3n) is 5.12. The fourth-order valence-corrected chi connectivity index (χ4v) is 3.49. The predicted octanol–water partition coefficient (Wildman–Crippen LogP) is 7.24. The molecular weight excluding hydrogens is 314 g/mol. The summed E-state index contributed by atoms with van der Waals surface area (Å²) in [4.78, 5) is 2.61. The van der Waals surface area contributed by atoms with Gasteiger partial charge in [0.15, 0.2) is 0 Å². The molecular formula is C25H37N. The minimum atomic E-state index is 1.02. The molecule has 0 unspecified atom stereocenters. The normalized spacial score (nSPS) is 10.8. The van der Waals surface area contributed by atoms with Gasteiger partial charge >= 0.3 is 0 Å². The highest BCUT2D eigenvalue weighted by Crippen LogP contribution is 2.19. The maximum Gasteiger partial charge on any atom is 0.0366 e. The van der Waals surface area contributed by atoms with Crippen LogP contribution < -0.4 is 4.90 Å². The van der Waals surface area contributed by atoms with E-state index in [0.717, 1.165) is 6.42 Å². The van der Waals surface area contributed by atoms with E-state index in [1.807, 2.05) is 0 Å². The van der Waals surface area contributed by atoms with E-state index >= 15 is 0 Å². The van der Waals surface area contributed by atoms with Gasteiger partial charge in [0.05, 0.1) is 0 Å². The highest BCUT2D eigenvalue weighted by atomic mass is 15.1. The summed E-state index contributed by atoms with van der Waals surface area (Å²) in [5.74, 6) is 0. The molecule has 0 saturated carbocycles. The first-order valence-corrected chi connectivity index (χ1v) is 10.7. The average Bonchev–Trinajstić information content (AvgIpc) is 2.68. The molecule has 2 aromatic rings. The summed E-state index contributed by atoms with van der Waals surface area (Å²) in [5, 5.41) is 0. The Balaban J connectivity index is 1.93. The molecule has 1 nitrogen and oxygen atoms in total. The minimum Gasteiger partial charge on any atom is -0.372 e. The molecule has 0 amide bonds. The quantitative estimate of drug-likeness (QED) is 0.344. The first-order valence-electron chi connectivity index (χ1n) is 10.7. The minimum absolute atomic E-state index is 1.02. The lowest BCUT2D eigenvalue weighted by Crippen LogP contribution is -2.25. The maximum absolute atomic E-state index is 2.61. The van der Waals surface area contributed by atoms with Gasteiger partial charge in [-0.25, -0.2) is 0 Å². The standard InChI is InChI=1S/C25H37N/c1-3-5-7-12-20-26(21-13-8-6-4-2)25-18-16-24(17-19-25)22-23-14-10-9-11-15-23/h9-11,14-19H,3-8,12-13,20-22H2,1-2H3. The van der Waals surface area contributed by atoms with Crippen LogP contribution in [0.5, 0.6) is 0 Å². The van der Waals surface area contributed by atoms with Crippen LogP contribution in [0.2, 0.25) is 0 Å². The van der Waals surface area contributed by atoms with Crippen molar-refractivity contribution < 1.29 is 0 Å². The smallest absolute Gasteiger partial charge is 0.0366 e. The zero-order valence-corrected chi connectivity index (χ0v) is 16.9. The highest BCUT2D eigenvalue weighted by Gasteiger charge is 2.07. The van der Waals surface area contributed by atoms with Crippen molar-refractivity contribution in [1.82, 2.24) is 0 Å². The lowest BCUT2D eigenvalue weighted by Gasteiger charge is -2.25. The molecule has 0 aromatic heterocycles. The second-order valence-electron chi connectivity index (χ2n) is 7.44. The molecule has 0 aliphatic heterocycles. The Morgan fingerprint density at radius 1 is 0.577 bits per heavy atom. The largest absolute Gasteiger partial charge is 0.372 e. The third kappa shape index (κ3) is 7.64. The fraction of sp³-hybridized carbons (Fsp3) is 0.520. The van der Waals surface area contributed by atoms with Gasteiger partial charge in [-0.05, 0) is 42.5 Å². The van der Waals surface area contributed by atoms with E-state index in [1.165, 1.54) is 81.3 Å². The summed E-state index contributed by atoms with van der Waals surface area (Å²) in [6.45, 7) is 6.97. The van der Waals surface area contributed by atoms with Crippen LogP contribution in [0.3, 0.4) is 0 Å². The molecule has 142 valence electrons. The number of nitrogens with zero attached hydrogens (tertiary/aromatic N) is 1. The Morgan fingerprint density at radius 3 is 1.65 bits per heavy atom. The van der Waals surface area contributed by atoms with E-state index in [-0.39, 0.29) is 0 Å². The summed E-state index contributed by atoms with van der Waals surface area (Å²) >= 11 is 0. The van der Waals surface area contributed by atoms with Crippen molar-refractivity contribution in [3.63, 3.8) is 0 Å². The van der Waals surface area contributed by atoms with Crippen LogP contribution in [0.4, 0.5) is 5.69 Å². The molecule has 0 heterocycles. The van der Waals surface area contributed by atoms with E-state index in [2.05, 4.69) is 73.3 Å². The average molecular weight is 352 g/mol. The van der Waals surface area contributed by atoms with E-state index in [1.54, 1.807) is 0 Å². The van der Waals surface area contributed by atoms with E-state index in [0.29, 0.717) is 0 Å². The topological polar surface area (TPSA) is 3.24 Å². The fourth-order valence-electron chi connectivity index (χ4n) is 3.49.